The largest absolute Gasteiger partial charge is 0.354 e. The van der Waals surface area contributed by atoms with E-state index in [0.717, 1.165) is 5.56 Å². The molecule has 0 aliphatic carbocycles. The lowest BCUT2D eigenvalue weighted by atomic mass is 10.0. The summed E-state index contributed by atoms with van der Waals surface area (Å²) in [7, 11) is 1.51. The smallest absolute Gasteiger partial charge is 0.240 e. The molecular formula is C25H34FN5O4. The summed E-state index contributed by atoms with van der Waals surface area (Å²) in [6.45, 7) is 3.08. The van der Waals surface area contributed by atoms with E-state index in [2.05, 4.69) is 10.6 Å². The lowest BCUT2D eigenvalue weighted by Gasteiger charge is -2.23. The van der Waals surface area contributed by atoms with Crippen LogP contribution in [0.3, 0.4) is 0 Å². The summed E-state index contributed by atoms with van der Waals surface area (Å²) in [5.74, 6) is -0.741. The normalized spacial score (nSPS) is 18.4. The van der Waals surface area contributed by atoms with Gasteiger partial charge in [0, 0.05) is 38.4 Å². The molecule has 0 bridgehead atoms. The second kappa shape index (κ2) is 12.6. The highest BCUT2D eigenvalue weighted by molar-refractivity contribution is 5.81. The molecular weight excluding hydrogens is 453 g/mol. The molecule has 1 aliphatic heterocycles. The molecule has 2 aromatic carbocycles. The molecule has 6 N–H and O–H groups in total. The molecule has 1 fully saturated rings. The monoisotopic (exact) mass is 487 g/mol. The predicted octanol–water partition coefficient (Wildman–Crippen LogP) is 1.45. The van der Waals surface area contributed by atoms with E-state index in [-0.39, 0.29) is 23.7 Å². The van der Waals surface area contributed by atoms with E-state index in [4.69, 9.17) is 20.9 Å². The number of nitrogens with one attached hydrogen (secondary N) is 2. The van der Waals surface area contributed by atoms with Gasteiger partial charge >= 0.3 is 0 Å². The minimum atomic E-state index is -0.670. The van der Waals surface area contributed by atoms with Crippen LogP contribution in [-0.2, 0) is 25.6 Å². The first-order valence-electron chi connectivity index (χ1n) is 11.6. The van der Waals surface area contributed by atoms with E-state index in [1.165, 1.54) is 20.1 Å². The molecule has 9 nitrogen and oxygen atoms in total. The number of carbonyl (C=O) groups is 2. The Morgan fingerprint density at radius 1 is 1.23 bits per heavy atom. The number of ether oxygens (including phenoxy) is 2. The van der Waals surface area contributed by atoms with E-state index in [1.807, 2.05) is 35.2 Å². The van der Waals surface area contributed by atoms with E-state index in [0.29, 0.717) is 55.8 Å². The second-order valence-electron chi connectivity index (χ2n) is 8.51. The number of hydrogen-bond donors (Lipinski definition) is 4. The Morgan fingerprint density at radius 3 is 2.60 bits per heavy atom. The van der Waals surface area contributed by atoms with Gasteiger partial charge in [-0.1, -0.05) is 24.3 Å². The maximum absolute atomic E-state index is 15.1. The van der Waals surface area contributed by atoms with Gasteiger partial charge in [-0.3, -0.25) is 9.59 Å². The highest BCUT2D eigenvalue weighted by Crippen LogP contribution is 2.30. The van der Waals surface area contributed by atoms with Crippen LogP contribution in [0.1, 0.15) is 25.3 Å². The van der Waals surface area contributed by atoms with Crippen molar-refractivity contribution in [1.82, 2.24) is 10.6 Å². The van der Waals surface area contributed by atoms with Crippen molar-refractivity contribution >= 4 is 17.5 Å². The number of hydrogen-bond acceptors (Lipinski definition) is 7. The molecule has 1 aliphatic rings. The molecule has 0 radical (unpaired) electrons. The van der Waals surface area contributed by atoms with Gasteiger partial charge in [0.05, 0.1) is 18.7 Å². The summed E-state index contributed by atoms with van der Waals surface area (Å²) in [4.78, 5) is 25.0. The Bertz CT molecular complexity index is 1000. The average Bonchev–Trinajstić information content (AvgIpc) is 3.28. The van der Waals surface area contributed by atoms with Crippen LogP contribution in [0.4, 0.5) is 10.1 Å². The highest BCUT2D eigenvalue weighted by Gasteiger charge is 2.33. The molecule has 0 aromatic heterocycles. The van der Waals surface area contributed by atoms with Crippen molar-refractivity contribution < 1.29 is 23.5 Å². The van der Waals surface area contributed by atoms with Crippen LogP contribution in [0.25, 0.3) is 11.1 Å². The summed E-state index contributed by atoms with van der Waals surface area (Å²) >= 11 is 0. The molecule has 2 amide bonds. The number of halogens is 1. The Balaban J connectivity index is 1.63. The van der Waals surface area contributed by atoms with Gasteiger partial charge in [0.15, 0.2) is 0 Å². The summed E-state index contributed by atoms with van der Waals surface area (Å²) < 4.78 is 26.2. The van der Waals surface area contributed by atoms with Gasteiger partial charge in [0.25, 0.3) is 0 Å². The fourth-order valence-electron chi connectivity index (χ4n) is 3.87. The molecule has 3 rings (SSSR count). The van der Waals surface area contributed by atoms with Crippen molar-refractivity contribution in [2.45, 2.75) is 44.9 Å². The standard InChI is InChI=1S/C25H34FN5O4/c1-16(32)29-14-20-15-31(25(34-2)35-20)19-9-10-21(22(26)12-19)18-7-5-17(6-8-18)13-30-24(33)23(28)4-3-11-27/h5-10,12,20,23,25H,3-4,11,13-15,27-28H2,1-2H3,(H,29,32)(H,30,33)/t20-,23-,25?/m0/s1. The maximum Gasteiger partial charge on any atom is 0.240 e. The van der Waals surface area contributed by atoms with E-state index in [1.54, 1.807) is 6.07 Å². The fourth-order valence-corrected chi connectivity index (χ4v) is 3.87. The summed E-state index contributed by atoms with van der Waals surface area (Å²) in [5.41, 5.74) is 14.0. The van der Waals surface area contributed by atoms with Crippen LogP contribution in [0.2, 0.25) is 0 Å². The van der Waals surface area contributed by atoms with Gasteiger partial charge < -0.3 is 36.5 Å². The average molecular weight is 488 g/mol. The van der Waals surface area contributed by atoms with Gasteiger partial charge in [-0.05, 0) is 48.7 Å². The third kappa shape index (κ3) is 7.22. The number of methoxy groups -OCH3 is 1. The van der Waals surface area contributed by atoms with Crippen molar-refractivity contribution in [3.05, 3.63) is 53.8 Å². The number of carbonyl (C=O) groups excluding carboxylic acids is 2. The lowest BCUT2D eigenvalue weighted by molar-refractivity contribution is -0.124. The Kier molecular flexibility index (Phi) is 9.55. The molecule has 1 unspecified atom stereocenters. The van der Waals surface area contributed by atoms with Crippen LogP contribution < -0.4 is 27.0 Å². The van der Waals surface area contributed by atoms with Gasteiger partial charge in [-0.2, -0.15) is 0 Å². The first kappa shape index (κ1) is 26.6. The molecule has 2 aromatic rings. The minimum Gasteiger partial charge on any atom is -0.354 e. The number of amides is 2. The molecule has 190 valence electrons. The third-order valence-electron chi connectivity index (χ3n) is 5.82. The molecule has 35 heavy (non-hydrogen) atoms. The van der Waals surface area contributed by atoms with Crippen molar-refractivity contribution in [2.24, 2.45) is 11.5 Å². The SMILES string of the molecule is COC1O[C@@H](CNC(C)=O)CN1c1ccc(-c2ccc(CNC(=O)[C@@H](N)CCCN)cc2)c(F)c1. The number of nitrogens with zero attached hydrogens (tertiary/aromatic N) is 1. The quantitative estimate of drug-likeness (QED) is 0.377. The molecule has 0 saturated carbocycles. The highest BCUT2D eigenvalue weighted by atomic mass is 19.1. The lowest BCUT2D eigenvalue weighted by Crippen LogP contribution is -2.40. The summed E-state index contributed by atoms with van der Waals surface area (Å²) in [5, 5.41) is 5.54. The number of rotatable bonds is 11. The summed E-state index contributed by atoms with van der Waals surface area (Å²) in [6, 6.07) is 11.7. The predicted molar refractivity (Wildman–Crippen MR) is 132 cm³/mol. The Morgan fingerprint density at radius 2 is 1.97 bits per heavy atom. The zero-order valence-corrected chi connectivity index (χ0v) is 20.1. The topological polar surface area (TPSA) is 132 Å². The molecule has 0 spiro atoms. The second-order valence-corrected chi connectivity index (χ2v) is 8.51. The summed E-state index contributed by atoms with van der Waals surface area (Å²) in [6.07, 6.45) is 0.301. The maximum atomic E-state index is 15.1. The zero-order valence-electron chi connectivity index (χ0n) is 20.1. The van der Waals surface area contributed by atoms with Crippen LogP contribution in [0.5, 0.6) is 0 Å². The van der Waals surface area contributed by atoms with Crippen LogP contribution in [0, 0.1) is 5.82 Å². The van der Waals surface area contributed by atoms with Crippen LogP contribution in [-0.4, -0.2) is 57.1 Å². The first-order chi connectivity index (χ1) is 16.8. The number of benzene rings is 2. The first-order valence-corrected chi connectivity index (χ1v) is 11.6. The van der Waals surface area contributed by atoms with E-state index < -0.39 is 12.5 Å². The van der Waals surface area contributed by atoms with Gasteiger partial charge in [-0.15, -0.1) is 0 Å². The van der Waals surface area contributed by atoms with Gasteiger partial charge in [-0.25, -0.2) is 4.39 Å². The molecule has 1 heterocycles. The number of nitrogens with two attached hydrogens (primary N) is 2. The van der Waals surface area contributed by atoms with Crippen molar-refractivity contribution in [2.75, 3.05) is 31.6 Å². The number of anilines is 1. The van der Waals surface area contributed by atoms with Crippen molar-refractivity contribution in [3.8, 4) is 11.1 Å². The van der Waals surface area contributed by atoms with Crippen molar-refractivity contribution in [1.29, 1.82) is 0 Å². The molecule has 10 heteroatoms. The van der Waals surface area contributed by atoms with Crippen LogP contribution in [0.15, 0.2) is 42.5 Å². The van der Waals surface area contributed by atoms with Gasteiger partial charge in [0.1, 0.15) is 5.82 Å². The van der Waals surface area contributed by atoms with Crippen LogP contribution >= 0.6 is 0 Å². The molecule has 3 atom stereocenters. The fraction of sp³-hybridized carbons (Fsp3) is 0.440. The van der Waals surface area contributed by atoms with Gasteiger partial charge in [0.2, 0.25) is 18.2 Å². The Hall–Kier alpha value is -3.05. The Labute approximate surface area is 204 Å². The van der Waals surface area contributed by atoms with Crippen molar-refractivity contribution in [3.63, 3.8) is 0 Å². The van der Waals surface area contributed by atoms with E-state index >= 15 is 4.39 Å². The van der Waals surface area contributed by atoms with E-state index in [9.17, 15) is 9.59 Å². The zero-order chi connectivity index (χ0) is 25.4. The molecule has 1 saturated heterocycles. The third-order valence-corrected chi connectivity index (χ3v) is 5.82. The minimum absolute atomic E-state index is 0.143.